The van der Waals surface area contributed by atoms with Crippen LogP contribution in [0.4, 0.5) is 0 Å². The van der Waals surface area contributed by atoms with Gasteiger partial charge in [-0.25, -0.2) is 0 Å². The van der Waals surface area contributed by atoms with Gasteiger partial charge in [0, 0.05) is 39.3 Å². The van der Waals surface area contributed by atoms with Crippen LogP contribution in [0.15, 0.2) is 18.2 Å². The maximum absolute atomic E-state index is 11.9. The Hall–Kier alpha value is -2.03. The summed E-state index contributed by atoms with van der Waals surface area (Å²) >= 11 is 0. The van der Waals surface area contributed by atoms with Crippen LogP contribution in [0.3, 0.4) is 0 Å². The van der Waals surface area contributed by atoms with Crippen LogP contribution in [0.5, 0.6) is 0 Å². The number of nitrogens with one attached hydrogen (secondary N) is 1. The number of nitrogens with zero attached hydrogens (tertiary/aromatic N) is 3. The molecule has 1 N–H and O–H groups in total. The molecule has 0 saturated carbocycles. The number of aromatic nitrogens is 1. The molecule has 0 fully saturated rings. The highest BCUT2D eigenvalue weighted by molar-refractivity contribution is 5.72. The molecule has 0 spiro atoms. The van der Waals surface area contributed by atoms with E-state index in [1.165, 1.54) is 0 Å². The number of ether oxygens (including phenoxy) is 2. The minimum atomic E-state index is -0.221. The third-order valence-corrected chi connectivity index (χ3v) is 4.16. The fraction of sp³-hybridized carbons (Fsp3) is 0.632. The number of fused-ring (bicyclic) bond motifs is 2. The smallest absolute Gasteiger partial charge is 0.320 e. The molecule has 0 aliphatic carbocycles. The van der Waals surface area contributed by atoms with E-state index in [1.807, 2.05) is 41.8 Å². The molecule has 1 aromatic heterocycles. The molecule has 1 aliphatic heterocycles. The van der Waals surface area contributed by atoms with Crippen molar-refractivity contribution in [2.75, 3.05) is 52.5 Å². The van der Waals surface area contributed by atoms with Gasteiger partial charge in [-0.1, -0.05) is 6.07 Å². The molecule has 2 heterocycles. The summed E-state index contributed by atoms with van der Waals surface area (Å²) in [5, 5.41) is 3.37. The normalized spacial score (nSPS) is 16.8. The number of hydrogen-bond donors (Lipinski definition) is 1. The summed E-state index contributed by atoms with van der Waals surface area (Å²) < 4.78 is 10.1. The van der Waals surface area contributed by atoms with Gasteiger partial charge in [0.2, 0.25) is 0 Å². The molecule has 0 saturated heterocycles. The zero-order valence-electron chi connectivity index (χ0n) is 16.3. The molecule has 0 radical (unpaired) electrons. The van der Waals surface area contributed by atoms with Crippen LogP contribution in [0.25, 0.3) is 0 Å². The molecular formula is C19H30N4O4. The van der Waals surface area contributed by atoms with Crippen molar-refractivity contribution in [3.05, 3.63) is 29.6 Å². The Morgan fingerprint density at radius 2 is 1.44 bits per heavy atom. The van der Waals surface area contributed by atoms with Crippen LogP contribution in [0.2, 0.25) is 0 Å². The van der Waals surface area contributed by atoms with Gasteiger partial charge in [-0.2, -0.15) is 0 Å². The Kier molecular flexibility index (Phi) is 9.17. The molecule has 0 atom stereocenters. The Balaban J connectivity index is 2.07. The van der Waals surface area contributed by atoms with E-state index < -0.39 is 0 Å². The molecule has 8 heteroatoms. The molecule has 1 aromatic rings. The fourth-order valence-electron chi connectivity index (χ4n) is 2.97. The Morgan fingerprint density at radius 3 is 1.89 bits per heavy atom. The Bertz CT molecular complexity index is 564. The lowest BCUT2D eigenvalue weighted by molar-refractivity contribution is -0.145. The highest BCUT2D eigenvalue weighted by Gasteiger charge is 2.16. The van der Waals surface area contributed by atoms with Crippen LogP contribution in [-0.4, -0.2) is 79.2 Å². The van der Waals surface area contributed by atoms with E-state index in [2.05, 4.69) is 5.32 Å². The molecule has 0 aromatic carbocycles. The topological polar surface area (TPSA) is 84.0 Å². The van der Waals surface area contributed by atoms with E-state index in [-0.39, 0.29) is 25.0 Å². The first-order valence-electron chi connectivity index (χ1n) is 9.52. The van der Waals surface area contributed by atoms with Crippen molar-refractivity contribution in [1.29, 1.82) is 0 Å². The van der Waals surface area contributed by atoms with Gasteiger partial charge in [-0.15, -0.1) is 0 Å². The first kappa shape index (κ1) is 21.3. The van der Waals surface area contributed by atoms with Gasteiger partial charge in [-0.3, -0.25) is 24.4 Å². The first-order valence-corrected chi connectivity index (χ1v) is 9.52. The summed E-state index contributed by atoms with van der Waals surface area (Å²) in [5.74, 6) is -0.442. The van der Waals surface area contributed by atoms with Crippen LogP contribution < -0.4 is 5.32 Å². The van der Waals surface area contributed by atoms with E-state index in [9.17, 15) is 9.59 Å². The van der Waals surface area contributed by atoms with Crippen molar-refractivity contribution >= 4 is 11.9 Å². The lowest BCUT2D eigenvalue weighted by atomic mass is 10.2. The van der Waals surface area contributed by atoms with Crippen molar-refractivity contribution in [1.82, 2.24) is 20.1 Å². The highest BCUT2D eigenvalue weighted by Crippen LogP contribution is 2.08. The Morgan fingerprint density at radius 1 is 0.963 bits per heavy atom. The van der Waals surface area contributed by atoms with E-state index in [0.717, 1.165) is 24.5 Å². The summed E-state index contributed by atoms with van der Waals surface area (Å²) in [4.78, 5) is 32.5. The van der Waals surface area contributed by atoms with Gasteiger partial charge >= 0.3 is 11.9 Å². The summed E-state index contributed by atoms with van der Waals surface area (Å²) in [5.41, 5.74) is 1.79. The maximum Gasteiger partial charge on any atom is 0.320 e. The van der Waals surface area contributed by atoms with Crippen LogP contribution >= 0.6 is 0 Å². The van der Waals surface area contributed by atoms with Gasteiger partial charge in [0.05, 0.1) is 37.7 Å². The molecule has 8 nitrogen and oxygen atoms in total. The van der Waals surface area contributed by atoms with E-state index in [4.69, 9.17) is 14.5 Å². The molecule has 0 amide bonds. The number of pyridine rings is 1. The van der Waals surface area contributed by atoms with Crippen LogP contribution in [0, 0.1) is 0 Å². The van der Waals surface area contributed by atoms with Crippen molar-refractivity contribution in [2.24, 2.45) is 0 Å². The van der Waals surface area contributed by atoms with Crippen molar-refractivity contribution in [2.45, 2.75) is 26.9 Å². The average molecular weight is 378 g/mol. The first-order chi connectivity index (χ1) is 13.1. The summed E-state index contributed by atoms with van der Waals surface area (Å²) in [6, 6.07) is 5.87. The third-order valence-electron chi connectivity index (χ3n) is 4.16. The van der Waals surface area contributed by atoms with Crippen molar-refractivity contribution in [3.63, 3.8) is 0 Å². The second-order valence-corrected chi connectivity index (χ2v) is 6.40. The van der Waals surface area contributed by atoms with Crippen LogP contribution in [-0.2, 0) is 32.2 Å². The average Bonchev–Trinajstić information content (AvgIpc) is 2.61. The number of carbonyl (C=O) groups is 2. The largest absolute Gasteiger partial charge is 0.465 e. The lowest BCUT2D eigenvalue weighted by Gasteiger charge is -2.25. The summed E-state index contributed by atoms with van der Waals surface area (Å²) in [7, 11) is 0. The monoisotopic (exact) mass is 378 g/mol. The zero-order chi connectivity index (χ0) is 19.5. The zero-order valence-corrected chi connectivity index (χ0v) is 16.3. The Labute approximate surface area is 160 Å². The number of esters is 2. The minimum absolute atomic E-state index is 0.221. The molecule has 0 unspecified atom stereocenters. The number of carbonyl (C=O) groups excluding carboxylic acids is 2. The maximum atomic E-state index is 11.9. The van der Waals surface area contributed by atoms with E-state index >= 15 is 0 Å². The molecule has 1 aliphatic rings. The SMILES string of the molecule is CCOC(=O)CN1CCNCCN(CC(=O)OCC)Cc2cccc(n2)C1. The third kappa shape index (κ3) is 8.03. The number of hydrogen-bond acceptors (Lipinski definition) is 8. The molecule has 2 bridgehead atoms. The van der Waals surface area contributed by atoms with Gasteiger partial charge in [0.1, 0.15) is 0 Å². The second kappa shape index (κ2) is 11.6. The number of rotatable bonds is 6. The molecule has 2 rings (SSSR count). The summed E-state index contributed by atoms with van der Waals surface area (Å²) in [6.07, 6.45) is 0. The van der Waals surface area contributed by atoms with Crippen molar-refractivity contribution in [3.8, 4) is 0 Å². The van der Waals surface area contributed by atoms with Crippen LogP contribution in [0.1, 0.15) is 25.2 Å². The van der Waals surface area contributed by atoms with Gasteiger partial charge < -0.3 is 14.8 Å². The molecule has 150 valence electrons. The summed E-state index contributed by atoms with van der Waals surface area (Å²) in [6.45, 7) is 8.94. The fourth-order valence-corrected chi connectivity index (χ4v) is 2.97. The van der Waals surface area contributed by atoms with Gasteiger partial charge in [-0.05, 0) is 26.0 Å². The lowest BCUT2D eigenvalue weighted by Crippen LogP contribution is -2.40. The predicted molar refractivity (Wildman–Crippen MR) is 101 cm³/mol. The second-order valence-electron chi connectivity index (χ2n) is 6.40. The van der Waals surface area contributed by atoms with Gasteiger partial charge in [0.25, 0.3) is 0 Å². The minimum Gasteiger partial charge on any atom is -0.465 e. The standard InChI is InChI=1S/C19H30N4O4/c1-3-26-18(24)14-22-10-8-20-9-11-23(15-19(25)27-4-2)13-17-7-5-6-16(12-22)21-17/h5-7,20H,3-4,8-15H2,1-2H3. The predicted octanol–water partition coefficient (Wildman–Crippen LogP) is 0.415. The van der Waals surface area contributed by atoms with E-state index in [0.29, 0.717) is 39.4 Å². The van der Waals surface area contributed by atoms with E-state index in [1.54, 1.807) is 0 Å². The quantitative estimate of drug-likeness (QED) is 0.713. The highest BCUT2D eigenvalue weighted by atomic mass is 16.5. The molecular weight excluding hydrogens is 348 g/mol. The van der Waals surface area contributed by atoms with Gasteiger partial charge in [0.15, 0.2) is 0 Å². The molecule has 27 heavy (non-hydrogen) atoms. The van der Waals surface area contributed by atoms with Crippen molar-refractivity contribution < 1.29 is 19.1 Å².